The molecule has 0 unspecified atom stereocenters. The highest BCUT2D eigenvalue weighted by Crippen LogP contribution is 2.25. The van der Waals surface area contributed by atoms with Gasteiger partial charge in [-0.1, -0.05) is 36.4 Å². The van der Waals surface area contributed by atoms with Crippen molar-refractivity contribution in [3.63, 3.8) is 0 Å². The van der Waals surface area contributed by atoms with Crippen LogP contribution in [0.2, 0.25) is 0 Å². The number of hydrogen-bond donors (Lipinski definition) is 0. The highest BCUT2D eigenvalue weighted by atomic mass is 16.2. The summed E-state index contributed by atoms with van der Waals surface area (Å²) in [5.41, 5.74) is 2.29. The lowest BCUT2D eigenvalue weighted by molar-refractivity contribution is 0.0755. The molecule has 0 aliphatic heterocycles. The average Bonchev–Trinajstić information content (AvgIpc) is 2.63. The van der Waals surface area contributed by atoms with Gasteiger partial charge in [0.1, 0.15) is 0 Å². The zero-order chi connectivity index (χ0) is 19.1. The van der Waals surface area contributed by atoms with Crippen molar-refractivity contribution in [1.29, 1.82) is 0 Å². The number of fused-ring (bicyclic) bond motifs is 2. The molecule has 0 amide bonds. The molecule has 0 radical (unpaired) electrons. The van der Waals surface area contributed by atoms with Crippen LogP contribution < -0.4 is 0 Å². The van der Waals surface area contributed by atoms with Gasteiger partial charge >= 0.3 is 0 Å². The molecule has 4 nitrogen and oxygen atoms in total. The van der Waals surface area contributed by atoms with E-state index in [2.05, 4.69) is 0 Å². The van der Waals surface area contributed by atoms with Gasteiger partial charge in [0.25, 0.3) is 0 Å². The second-order valence-corrected chi connectivity index (χ2v) is 7.47. The van der Waals surface area contributed by atoms with E-state index in [-0.39, 0.29) is 5.78 Å². The predicted octanol–water partition coefficient (Wildman–Crippen LogP) is 3.37. The fourth-order valence-corrected chi connectivity index (χ4v) is 3.18. The van der Waals surface area contributed by atoms with Crippen molar-refractivity contribution < 1.29 is 14.4 Å². The Morgan fingerprint density at radius 3 is 2.12 bits per heavy atom. The van der Waals surface area contributed by atoms with E-state index in [9.17, 15) is 14.4 Å². The summed E-state index contributed by atoms with van der Waals surface area (Å²) < 4.78 is 0. The quantitative estimate of drug-likeness (QED) is 0.630. The zero-order valence-electron chi connectivity index (χ0n) is 15.6. The maximum absolute atomic E-state index is 12.9. The molecule has 4 heteroatoms. The van der Waals surface area contributed by atoms with Crippen molar-refractivity contribution in [1.82, 2.24) is 4.90 Å². The minimum atomic E-state index is -0.699. The molecule has 0 saturated carbocycles. The van der Waals surface area contributed by atoms with Crippen molar-refractivity contribution >= 4 is 17.3 Å². The Morgan fingerprint density at radius 1 is 0.885 bits per heavy atom. The first-order valence-electron chi connectivity index (χ1n) is 8.75. The number of ketones is 3. The molecular weight excluding hydrogens is 326 g/mol. The Balaban J connectivity index is 2.05. The molecule has 0 N–H and O–H groups in total. The van der Waals surface area contributed by atoms with Crippen LogP contribution in [0.4, 0.5) is 0 Å². The molecule has 0 atom stereocenters. The van der Waals surface area contributed by atoms with E-state index in [0.717, 1.165) is 11.1 Å². The minimum Gasteiger partial charge on any atom is -0.297 e. The monoisotopic (exact) mass is 349 g/mol. The van der Waals surface area contributed by atoms with Gasteiger partial charge in [0.2, 0.25) is 11.6 Å². The number of aryl methyl sites for hydroxylation is 2. The van der Waals surface area contributed by atoms with Gasteiger partial charge in [0.15, 0.2) is 5.78 Å². The van der Waals surface area contributed by atoms with Crippen LogP contribution in [0.5, 0.6) is 0 Å². The second kappa shape index (κ2) is 6.61. The van der Waals surface area contributed by atoms with Crippen molar-refractivity contribution in [3.05, 3.63) is 70.3 Å². The Bertz CT molecular complexity index is 909. The van der Waals surface area contributed by atoms with Crippen molar-refractivity contribution in [3.8, 4) is 0 Å². The van der Waals surface area contributed by atoms with Crippen molar-refractivity contribution in [2.24, 2.45) is 0 Å². The normalized spacial score (nSPS) is 14.5. The molecule has 3 rings (SSSR count). The van der Waals surface area contributed by atoms with Gasteiger partial charge in [-0.25, -0.2) is 0 Å². The van der Waals surface area contributed by atoms with Crippen molar-refractivity contribution in [2.75, 3.05) is 14.1 Å². The molecule has 0 saturated heterocycles. The van der Waals surface area contributed by atoms with Crippen LogP contribution in [0.25, 0.3) is 0 Å². The molecule has 1 aliphatic rings. The third-order valence-corrected chi connectivity index (χ3v) is 5.42. The largest absolute Gasteiger partial charge is 0.297 e. The van der Waals surface area contributed by atoms with Gasteiger partial charge in [0.05, 0.1) is 5.54 Å². The second-order valence-electron chi connectivity index (χ2n) is 7.47. The zero-order valence-corrected chi connectivity index (χ0v) is 15.6. The Kier molecular flexibility index (Phi) is 4.63. The van der Waals surface area contributed by atoms with E-state index < -0.39 is 17.1 Å². The van der Waals surface area contributed by atoms with E-state index in [4.69, 9.17) is 0 Å². The molecule has 0 bridgehead atoms. The Morgan fingerprint density at radius 2 is 1.46 bits per heavy atom. The van der Waals surface area contributed by atoms with E-state index in [1.165, 1.54) is 0 Å². The summed E-state index contributed by atoms with van der Waals surface area (Å²) in [5, 5.41) is 0. The minimum absolute atomic E-state index is 0.0759. The molecule has 0 spiro atoms. The van der Waals surface area contributed by atoms with Gasteiger partial charge in [-0.2, -0.15) is 0 Å². The first-order valence-corrected chi connectivity index (χ1v) is 8.75. The number of carbonyl (C=O) groups is 3. The van der Waals surface area contributed by atoms with Crippen LogP contribution in [0, 0.1) is 0 Å². The predicted molar refractivity (Wildman–Crippen MR) is 101 cm³/mol. The third kappa shape index (κ3) is 3.01. The molecule has 0 aromatic heterocycles. The van der Waals surface area contributed by atoms with Crippen LogP contribution in [-0.2, 0) is 12.8 Å². The van der Waals surface area contributed by atoms with Crippen molar-refractivity contribution in [2.45, 2.75) is 32.2 Å². The summed E-state index contributed by atoms with van der Waals surface area (Å²) >= 11 is 0. The molecule has 2 aromatic rings. The van der Waals surface area contributed by atoms with Crippen LogP contribution in [0.15, 0.2) is 42.5 Å². The van der Waals surface area contributed by atoms with Crippen LogP contribution in [0.3, 0.4) is 0 Å². The maximum atomic E-state index is 12.9. The topological polar surface area (TPSA) is 54.5 Å². The summed E-state index contributed by atoms with van der Waals surface area (Å²) in [7, 11) is 3.69. The number of likely N-dealkylation sites (N-methyl/N-ethyl adjacent to an activating group) is 1. The van der Waals surface area contributed by atoms with E-state index in [0.29, 0.717) is 29.5 Å². The highest BCUT2D eigenvalue weighted by molar-refractivity contribution is 6.50. The fraction of sp³-hybridized carbons (Fsp3) is 0.318. The number of benzene rings is 2. The Labute approximate surface area is 153 Å². The first kappa shape index (κ1) is 18.2. The summed E-state index contributed by atoms with van der Waals surface area (Å²) in [5.74, 6) is -1.12. The maximum Gasteiger partial charge on any atom is 0.233 e. The molecular formula is C22H23NO3. The van der Waals surface area contributed by atoms with Gasteiger partial charge in [0, 0.05) is 16.7 Å². The fourth-order valence-electron chi connectivity index (χ4n) is 3.18. The lowest BCUT2D eigenvalue weighted by Gasteiger charge is -2.31. The van der Waals surface area contributed by atoms with E-state index >= 15 is 0 Å². The van der Waals surface area contributed by atoms with E-state index in [1.807, 2.05) is 51.0 Å². The van der Waals surface area contributed by atoms with Crippen LogP contribution >= 0.6 is 0 Å². The lowest BCUT2D eigenvalue weighted by Crippen LogP contribution is -2.45. The number of Topliss-reactive ketones (excluding diaryl/α,β-unsaturated/α-hetero) is 3. The number of nitrogens with zero attached hydrogens (tertiary/aromatic N) is 1. The highest BCUT2D eigenvalue weighted by Gasteiger charge is 2.32. The lowest BCUT2D eigenvalue weighted by atomic mass is 9.84. The molecule has 26 heavy (non-hydrogen) atoms. The third-order valence-electron chi connectivity index (χ3n) is 5.42. The van der Waals surface area contributed by atoms with Crippen LogP contribution in [-0.4, -0.2) is 41.9 Å². The number of carbonyl (C=O) groups excluding carboxylic acids is 3. The summed E-state index contributed by atoms with van der Waals surface area (Å²) in [4.78, 5) is 40.3. The molecule has 0 fully saturated rings. The standard InChI is InChI=1S/C22H23NO3/c1-22(2,23(3)4)21(26)16-12-11-15-10-9-14-7-5-6-8-17(14)19(24)20(25)18(15)13-16/h5-8,11-13H,9-10H2,1-4H3. The van der Waals surface area contributed by atoms with E-state index in [1.54, 1.807) is 24.3 Å². The number of hydrogen-bond acceptors (Lipinski definition) is 4. The first-order chi connectivity index (χ1) is 12.2. The molecule has 1 aliphatic carbocycles. The van der Waals surface area contributed by atoms with Crippen LogP contribution in [0.1, 0.15) is 56.0 Å². The summed E-state index contributed by atoms with van der Waals surface area (Å²) in [6, 6.07) is 12.4. The van der Waals surface area contributed by atoms with Gasteiger partial charge in [-0.05, 0) is 58.0 Å². The molecule has 2 aromatic carbocycles. The average molecular weight is 349 g/mol. The summed E-state index contributed by atoms with van der Waals surface area (Å²) in [6.45, 7) is 3.69. The van der Waals surface area contributed by atoms with Gasteiger partial charge < -0.3 is 0 Å². The number of rotatable bonds is 3. The van der Waals surface area contributed by atoms with Gasteiger partial charge in [-0.15, -0.1) is 0 Å². The molecule has 0 heterocycles. The smallest absolute Gasteiger partial charge is 0.233 e. The summed E-state index contributed by atoms with van der Waals surface area (Å²) in [6.07, 6.45) is 1.36. The Hall–Kier alpha value is -2.59. The molecule has 134 valence electrons. The SMILES string of the molecule is CN(C)C(C)(C)C(=O)c1ccc2c(c1)C(=O)C(=O)c1ccccc1CC2. The van der Waals surface area contributed by atoms with Gasteiger partial charge in [-0.3, -0.25) is 19.3 Å².